The lowest BCUT2D eigenvalue weighted by Crippen LogP contribution is -2.22. The summed E-state index contributed by atoms with van der Waals surface area (Å²) < 4.78 is 0. The molecule has 0 aliphatic heterocycles. The maximum Gasteiger partial charge on any atom is 0.196 e. The highest BCUT2D eigenvalue weighted by Gasteiger charge is 2.18. The second kappa shape index (κ2) is 9.29. The summed E-state index contributed by atoms with van der Waals surface area (Å²) in [5, 5.41) is 0.895. The Morgan fingerprint density at radius 1 is 0.731 bits per heavy atom. The van der Waals surface area contributed by atoms with Crippen LogP contribution in [0.5, 0.6) is 0 Å². The molecule has 26 heavy (non-hydrogen) atoms. The van der Waals surface area contributed by atoms with E-state index in [0.29, 0.717) is 21.2 Å². The van der Waals surface area contributed by atoms with Crippen molar-refractivity contribution in [2.75, 3.05) is 36.0 Å². The molecule has 0 saturated heterocycles. The van der Waals surface area contributed by atoms with Crippen LogP contribution >= 0.6 is 23.2 Å². The van der Waals surface area contributed by atoms with E-state index in [1.54, 1.807) is 12.1 Å². The van der Waals surface area contributed by atoms with E-state index in [1.165, 1.54) is 0 Å². The molecule has 0 fully saturated rings. The molecule has 0 heterocycles. The van der Waals surface area contributed by atoms with Gasteiger partial charge in [-0.15, -0.1) is 0 Å². The van der Waals surface area contributed by atoms with Crippen LogP contribution in [0.1, 0.15) is 43.6 Å². The van der Waals surface area contributed by atoms with Gasteiger partial charge in [-0.2, -0.15) is 0 Å². The molecule has 2 aromatic rings. The van der Waals surface area contributed by atoms with Gasteiger partial charge < -0.3 is 9.80 Å². The number of carbonyl (C=O) groups is 1. The Morgan fingerprint density at radius 3 is 1.35 bits per heavy atom. The maximum absolute atomic E-state index is 12.9. The van der Waals surface area contributed by atoms with Crippen molar-refractivity contribution >= 4 is 40.4 Å². The van der Waals surface area contributed by atoms with Gasteiger partial charge in [-0.3, -0.25) is 4.79 Å². The van der Waals surface area contributed by atoms with E-state index in [0.717, 1.165) is 37.6 Å². The Labute approximate surface area is 166 Å². The molecule has 0 atom stereocenters. The molecular formula is C21H26Cl2N2O. The van der Waals surface area contributed by atoms with Gasteiger partial charge in [-0.05, 0) is 64.1 Å². The molecule has 0 aliphatic rings. The van der Waals surface area contributed by atoms with Crippen molar-refractivity contribution in [3.05, 3.63) is 57.6 Å². The van der Waals surface area contributed by atoms with Crippen molar-refractivity contribution in [3.63, 3.8) is 0 Å². The summed E-state index contributed by atoms with van der Waals surface area (Å²) in [7, 11) is 0. The number of rotatable bonds is 8. The monoisotopic (exact) mass is 392 g/mol. The average Bonchev–Trinajstić information content (AvgIpc) is 2.63. The van der Waals surface area contributed by atoms with Gasteiger partial charge >= 0.3 is 0 Å². The zero-order valence-electron chi connectivity index (χ0n) is 15.9. The number of halogens is 2. The van der Waals surface area contributed by atoms with Gasteiger partial charge in [0.2, 0.25) is 0 Å². The van der Waals surface area contributed by atoms with E-state index in [2.05, 4.69) is 37.5 Å². The van der Waals surface area contributed by atoms with Crippen molar-refractivity contribution in [2.24, 2.45) is 0 Å². The number of nitrogens with zero attached hydrogens (tertiary/aromatic N) is 2. The first-order valence-electron chi connectivity index (χ1n) is 9.10. The van der Waals surface area contributed by atoms with Crippen molar-refractivity contribution in [1.82, 2.24) is 0 Å². The SMILES string of the molecule is CCN(CC)c1ccc(C(=O)c2ccc(N(CC)CC)cc2Cl)c(Cl)c1. The van der Waals surface area contributed by atoms with E-state index in [9.17, 15) is 4.79 Å². The molecule has 2 aromatic carbocycles. The summed E-state index contributed by atoms with van der Waals surface area (Å²) in [5.41, 5.74) is 2.97. The number of ketones is 1. The molecule has 0 aliphatic carbocycles. The molecule has 0 radical (unpaired) electrons. The second-order valence-electron chi connectivity index (χ2n) is 6.00. The number of hydrogen-bond acceptors (Lipinski definition) is 3. The summed E-state index contributed by atoms with van der Waals surface area (Å²) in [6, 6.07) is 11.1. The minimum Gasteiger partial charge on any atom is -0.372 e. The summed E-state index contributed by atoms with van der Waals surface area (Å²) in [4.78, 5) is 17.3. The molecule has 3 nitrogen and oxygen atoms in total. The quantitative estimate of drug-likeness (QED) is 0.521. The lowest BCUT2D eigenvalue weighted by atomic mass is 10.0. The molecule has 0 bridgehead atoms. The second-order valence-corrected chi connectivity index (χ2v) is 6.82. The van der Waals surface area contributed by atoms with Crippen LogP contribution < -0.4 is 9.80 Å². The van der Waals surface area contributed by atoms with E-state index in [4.69, 9.17) is 23.2 Å². The lowest BCUT2D eigenvalue weighted by Gasteiger charge is -2.22. The zero-order chi connectivity index (χ0) is 19.3. The average molecular weight is 393 g/mol. The molecule has 0 amide bonds. The van der Waals surface area contributed by atoms with Crippen molar-refractivity contribution in [2.45, 2.75) is 27.7 Å². The Hall–Kier alpha value is -1.71. The Balaban J connectivity index is 2.34. The molecule has 140 valence electrons. The molecule has 0 unspecified atom stereocenters. The summed E-state index contributed by atoms with van der Waals surface area (Å²) in [6.45, 7) is 11.9. The summed E-state index contributed by atoms with van der Waals surface area (Å²) in [5.74, 6) is -0.155. The van der Waals surface area contributed by atoms with Crippen LogP contribution in [0.2, 0.25) is 10.0 Å². The van der Waals surface area contributed by atoms with Crippen LogP contribution in [0.4, 0.5) is 11.4 Å². The smallest absolute Gasteiger partial charge is 0.196 e. The topological polar surface area (TPSA) is 23.6 Å². The van der Waals surface area contributed by atoms with Crippen LogP contribution in [0, 0.1) is 0 Å². The van der Waals surface area contributed by atoms with Gasteiger partial charge in [-0.1, -0.05) is 23.2 Å². The number of benzene rings is 2. The van der Waals surface area contributed by atoms with Crippen LogP contribution in [-0.2, 0) is 0 Å². The van der Waals surface area contributed by atoms with Crippen molar-refractivity contribution < 1.29 is 4.79 Å². The zero-order valence-corrected chi connectivity index (χ0v) is 17.4. The first-order valence-corrected chi connectivity index (χ1v) is 9.85. The normalized spacial score (nSPS) is 10.7. The fraction of sp³-hybridized carbons (Fsp3) is 0.381. The molecular weight excluding hydrogens is 367 g/mol. The molecule has 0 spiro atoms. The molecule has 0 aromatic heterocycles. The van der Waals surface area contributed by atoms with Gasteiger partial charge in [0.15, 0.2) is 5.78 Å². The highest BCUT2D eigenvalue weighted by atomic mass is 35.5. The predicted molar refractivity (Wildman–Crippen MR) is 113 cm³/mol. The van der Waals surface area contributed by atoms with Crippen LogP contribution in [0.3, 0.4) is 0 Å². The third kappa shape index (κ3) is 4.33. The minimum atomic E-state index is -0.155. The summed E-state index contributed by atoms with van der Waals surface area (Å²) in [6.07, 6.45) is 0. The van der Waals surface area contributed by atoms with Gasteiger partial charge in [0.25, 0.3) is 0 Å². The highest BCUT2D eigenvalue weighted by Crippen LogP contribution is 2.30. The largest absolute Gasteiger partial charge is 0.372 e. The van der Waals surface area contributed by atoms with Gasteiger partial charge in [0, 0.05) is 48.7 Å². The van der Waals surface area contributed by atoms with E-state index in [-0.39, 0.29) is 5.78 Å². The standard InChI is InChI=1S/C21H26Cl2N2O/c1-5-24(6-2)15-9-11-17(19(22)13-15)21(26)18-12-10-16(14-20(18)23)25(7-3)8-4/h9-14H,5-8H2,1-4H3. The van der Waals surface area contributed by atoms with E-state index >= 15 is 0 Å². The van der Waals surface area contributed by atoms with Gasteiger partial charge in [-0.25, -0.2) is 0 Å². The van der Waals surface area contributed by atoms with Crippen LogP contribution in [0.25, 0.3) is 0 Å². The lowest BCUT2D eigenvalue weighted by molar-refractivity contribution is 0.103. The Morgan fingerprint density at radius 2 is 1.08 bits per heavy atom. The molecule has 0 saturated carbocycles. The Kier molecular flexibility index (Phi) is 7.36. The third-order valence-corrected chi connectivity index (χ3v) is 5.28. The van der Waals surface area contributed by atoms with Crippen LogP contribution in [-0.4, -0.2) is 32.0 Å². The van der Waals surface area contributed by atoms with Crippen molar-refractivity contribution in [3.8, 4) is 0 Å². The molecule has 5 heteroatoms. The highest BCUT2D eigenvalue weighted by molar-refractivity contribution is 6.38. The van der Waals surface area contributed by atoms with Gasteiger partial charge in [0.1, 0.15) is 0 Å². The van der Waals surface area contributed by atoms with Gasteiger partial charge in [0.05, 0.1) is 10.0 Å². The number of carbonyl (C=O) groups excluding carboxylic acids is 1. The number of anilines is 2. The Bertz CT molecular complexity index is 705. The third-order valence-electron chi connectivity index (χ3n) is 4.65. The predicted octanol–water partition coefficient (Wildman–Crippen LogP) is 5.92. The first kappa shape index (κ1) is 20.6. The first-order chi connectivity index (χ1) is 12.5. The van der Waals surface area contributed by atoms with E-state index < -0.39 is 0 Å². The van der Waals surface area contributed by atoms with Crippen LogP contribution in [0.15, 0.2) is 36.4 Å². The fourth-order valence-corrected chi connectivity index (χ4v) is 3.61. The molecule has 2 rings (SSSR count). The minimum absolute atomic E-state index is 0.155. The fourth-order valence-electron chi connectivity index (χ4n) is 3.09. The van der Waals surface area contributed by atoms with E-state index in [1.807, 2.05) is 24.3 Å². The summed E-state index contributed by atoms with van der Waals surface area (Å²) >= 11 is 12.8. The van der Waals surface area contributed by atoms with Crippen molar-refractivity contribution in [1.29, 1.82) is 0 Å². The maximum atomic E-state index is 12.9. The number of hydrogen-bond donors (Lipinski definition) is 0. The molecule has 0 N–H and O–H groups in total.